The molecule has 0 saturated carbocycles. The van der Waals surface area contributed by atoms with E-state index in [4.69, 9.17) is 14.6 Å². The van der Waals surface area contributed by atoms with Crippen LogP contribution in [0.1, 0.15) is 12.2 Å². The number of hydrogen-bond acceptors (Lipinski definition) is 4. The minimum atomic E-state index is -1.18. The second-order valence-electron chi connectivity index (χ2n) is 3.26. The van der Waals surface area contributed by atoms with Crippen LogP contribution in [0, 0.1) is 0 Å². The standard InChI is InChI=1S/C11H13NO5/c13-6-5-9(11(15)16)12-10(14)4-3-8-2-1-7-17-8/h1-4,7,9,13H,5-6H2,(H,12,14)(H,15,16)/b4-3+/t9-/m0/s1. The highest BCUT2D eigenvalue weighted by Crippen LogP contribution is 2.02. The second-order valence-corrected chi connectivity index (χ2v) is 3.26. The molecule has 92 valence electrons. The number of aliphatic hydroxyl groups excluding tert-OH is 1. The summed E-state index contributed by atoms with van der Waals surface area (Å²) in [6.07, 6.45) is 4.03. The normalized spacial score (nSPS) is 12.5. The first kappa shape index (κ1) is 13.0. The summed E-state index contributed by atoms with van der Waals surface area (Å²) in [7, 11) is 0. The zero-order chi connectivity index (χ0) is 12.7. The van der Waals surface area contributed by atoms with Crippen LogP contribution in [0.25, 0.3) is 6.08 Å². The Labute approximate surface area is 97.6 Å². The van der Waals surface area contributed by atoms with Crippen LogP contribution in [-0.2, 0) is 9.59 Å². The highest BCUT2D eigenvalue weighted by atomic mass is 16.4. The Kier molecular flexibility index (Phi) is 4.96. The predicted octanol–water partition coefficient (Wildman–Crippen LogP) is 0.245. The first-order valence-corrected chi connectivity index (χ1v) is 4.99. The van der Waals surface area contributed by atoms with E-state index in [1.807, 2.05) is 0 Å². The van der Waals surface area contributed by atoms with E-state index >= 15 is 0 Å². The maximum atomic E-state index is 11.3. The lowest BCUT2D eigenvalue weighted by Crippen LogP contribution is -2.40. The molecule has 1 heterocycles. The Hall–Kier alpha value is -2.08. The van der Waals surface area contributed by atoms with Crippen molar-refractivity contribution in [3.8, 4) is 0 Å². The van der Waals surface area contributed by atoms with E-state index in [9.17, 15) is 9.59 Å². The molecule has 0 aliphatic rings. The molecule has 0 fully saturated rings. The van der Waals surface area contributed by atoms with Gasteiger partial charge in [0.2, 0.25) is 5.91 Å². The third-order valence-electron chi connectivity index (χ3n) is 1.97. The zero-order valence-corrected chi connectivity index (χ0v) is 9.00. The molecule has 1 aromatic heterocycles. The first-order valence-electron chi connectivity index (χ1n) is 4.99. The molecule has 0 aliphatic carbocycles. The third kappa shape index (κ3) is 4.52. The Morgan fingerprint density at radius 2 is 2.29 bits per heavy atom. The van der Waals surface area contributed by atoms with Gasteiger partial charge in [0, 0.05) is 19.1 Å². The van der Waals surface area contributed by atoms with Gasteiger partial charge in [0.05, 0.1) is 6.26 Å². The lowest BCUT2D eigenvalue weighted by molar-refractivity contribution is -0.141. The molecule has 17 heavy (non-hydrogen) atoms. The monoisotopic (exact) mass is 239 g/mol. The van der Waals surface area contributed by atoms with Crippen LogP contribution in [-0.4, -0.2) is 34.7 Å². The Bertz CT molecular complexity index is 396. The lowest BCUT2D eigenvalue weighted by atomic mass is 10.2. The fraction of sp³-hybridized carbons (Fsp3) is 0.273. The number of carboxylic acid groups (broad SMARTS) is 1. The van der Waals surface area contributed by atoms with Gasteiger partial charge in [-0.1, -0.05) is 0 Å². The van der Waals surface area contributed by atoms with Gasteiger partial charge in [-0.05, 0) is 18.2 Å². The van der Waals surface area contributed by atoms with Crippen LogP contribution >= 0.6 is 0 Å². The average molecular weight is 239 g/mol. The lowest BCUT2D eigenvalue weighted by Gasteiger charge is -2.10. The molecule has 0 aliphatic heterocycles. The third-order valence-corrected chi connectivity index (χ3v) is 1.97. The molecule has 0 unspecified atom stereocenters. The van der Waals surface area contributed by atoms with E-state index in [2.05, 4.69) is 5.32 Å². The summed E-state index contributed by atoms with van der Waals surface area (Å²) in [6.45, 7) is -0.306. The summed E-state index contributed by atoms with van der Waals surface area (Å²) in [5.74, 6) is -1.24. The van der Waals surface area contributed by atoms with Crippen LogP contribution in [0.15, 0.2) is 28.9 Å². The smallest absolute Gasteiger partial charge is 0.326 e. The number of aliphatic carboxylic acids is 1. The van der Waals surface area contributed by atoms with Gasteiger partial charge in [-0.2, -0.15) is 0 Å². The summed E-state index contributed by atoms with van der Waals surface area (Å²) in [5.41, 5.74) is 0. The molecule has 6 nitrogen and oxygen atoms in total. The number of carbonyl (C=O) groups is 2. The molecular formula is C11H13NO5. The summed E-state index contributed by atoms with van der Waals surface area (Å²) < 4.78 is 4.96. The molecule has 1 aromatic rings. The number of nitrogens with one attached hydrogen (secondary N) is 1. The SMILES string of the molecule is O=C(/C=C/c1ccco1)N[C@@H](CCO)C(=O)O. The Balaban J connectivity index is 2.50. The van der Waals surface area contributed by atoms with Crippen LogP contribution in [0.5, 0.6) is 0 Å². The molecule has 6 heteroatoms. The van der Waals surface area contributed by atoms with Gasteiger partial charge in [0.15, 0.2) is 0 Å². The number of amides is 1. The molecule has 0 radical (unpaired) electrons. The van der Waals surface area contributed by atoms with Gasteiger partial charge in [-0.25, -0.2) is 4.79 Å². The molecule has 0 aromatic carbocycles. The van der Waals surface area contributed by atoms with Crippen molar-refractivity contribution in [2.75, 3.05) is 6.61 Å². The highest BCUT2D eigenvalue weighted by Gasteiger charge is 2.17. The molecule has 1 atom stereocenters. The highest BCUT2D eigenvalue weighted by molar-refractivity contribution is 5.94. The molecule has 0 saturated heterocycles. The second kappa shape index (κ2) is 6.49. The molecule has 3 N–H and O–H groups in total. The fourth-order valence-electron chi connectivity index (χ4n) is 1.15. The Morgan fingerprint density at radius 1 is 1.53 bits per heavy atom. The molecule has 1 rings (SSSR count). The van der Waals surface area contributed by atoms with Crippen LogP contribution in [0.2, 0.25) is 0 Å². The number of rotatable bonds is 6. The number of hydrogen-bond donors (Lipinski definition) is 3. The van der Waals surface area contributed by atoms with E-state index in [0.29, 0.717) is 5.76 Å². The van der Waals surface area contributed by atoms with Crippen molar-refractivity contribution in [1.82, 2.24) is 5.32 Å². The molecule has 1 amide bonds. The number of carbonyl (C=O) groups excluding carboxylic acids is 1. The van der Waals surface area contributed by atoms with Crippen molar-refractivity contribution in [2.24, 2.45) is 0 Å². The van der Waals surface area contributed by atoms with E-state index in [0.717, 1.165) is 0 Å². The average Bonchev–Trinajstić information content (AvgIpc) is 2.78. The van der Waals surface area contributed by atoms with Crippen molar-refractivity contribution >= 4 is 18.0 Å². The van der Waals surface area contributed by atoms with Crippen molar-refractivity contribution in [3.05, 3.63) is 30.2 Å². The van der Waals surface area contributed by atoms with E-state index in [-0.39, 0.29) is 13.0 Å². The van der Waals surface area contributed by atoms with Gasteiger partial charge in [-0.15, -0.1) is 0 Å². The minimum absolute atomic E-state index is 0.0321. The van der Waals surface area contributed by atoms with Gasteiger partial charge >= 0.3 is 5.97 Å². The maximum absolute atomic E-state index is 11.3. The molecule has 0 spiro atoms. The van der Waals surface area contributed by atoms with Gasteiger partial charge < -0.3 is 19.9 Å². The van der Waals surface area contributed by atoms with E-state index in [1.165, 1.54) is 18.4 Å². The summed E-state index contributed by atoms with van der Waals surface area (Å²) >= 11 is 0. The summed E-state index contributed by atoms with van der Waals surface area (Å²) in [5, 5.41) is 19.6. The van der Waals surface area contributed by atoms with E-state index < -0.39 is 17.9 Å². The van der Waals surface area contributed by atoms with Gasteiger partial charge in [0.1, 0.15) is 11.8 Å². The fourth-order valence-corrected chi connectivity index (χ4v) is 1.15. The molecular weight excluding hydrogens is 226 g/mol. The minimum Gasteiger partial charge on any atom is -0.480 e. The van der Waals surface area contributed by atoms with Crippen LogP contribution in [0.4, 0.5) is 0 Å². The zero-order valence-electron chi connectivity index (χ0n) is 9.00. The quantitative estimate of drug-likeness (QED) is 0.618. The van der Waals surface area contributed by atoms with Crippen molar-refractivity contribution in [2.45, 2.75) is 12.5 Å². The largest absolute Gasteiger partial charge is 0.480 e. The van der Waals surface area contributed by atoms with Crippen molar-refractivity contribution < 1.29 is 24.2 Å². The first-order chi connectivity index (χ1) is 8.13. The van der Waals surface area contributed by atoms with E-state index in [1.54, 1.807) is 12.1 Å². The van der Waals surface area contributed by atoms with Crippen LogP contribution < -0.4 is 5.32 Å². The number of furan rings is 1. The summed E-state index contributed by atoms with van der Waals surface area (Å²) in [6, 6.07) is 2.24. The summed E-state index contributed by atoms with van der Waals surface area (Å²) in [4.78, 5) is 22.0. The topological polar surface area (TPSA) is 99.8 Å². The number of carboxylic acids is 1. The van der Waals surface area contributed by atoms with Crippen molar-refractivity contribution in [1.29, 1.82) is 0 Å². The predicted molar refractivity (Wildman–Crippen MR) is 59.0 cm³/mol. The molecule has 0 bridgehead atoms. The number of aliphatic hydroxyl groups is 1. The van der Waals surface area contributed by atoms with Gasteiger partial charge in [-0.3, -0.25) is 4.79 Å². The van der Waals surface area contributed by atoms with Crippen molar-refractivity contribution in [3.63, 3.8) is 0 Å². The van der Waals surface area contributed by atoms with Gasteiger partial charge in [0.25, 0.3) is 0 Å². The maximum Gasteiger partial charge on any atom is 0.326 e. The van der Waals surface area contributed by atoms with Crippen LogP contribution in [0.3, 0.4) is 0 Å². The Morgan fingerprint density at radius 3 is 2.82 bits per heavy atom.